The largest absolute Gasteiger partial charge is 0.357 e. The highest BCUT2D eigenvalue weighted by Gasteiger charge is 2.06. The second kappa shape index (κ2) is 6.24. The van der Waals surface area contributed by atoms with E-state index in [1.165, 1.54) is 16.3 Å². The van der Waals surface area contributed by atoms with Gasteiger partial charge in [-0.1, -0.05) is 36.4 Å². The third-order valence-corrected chi connectivity index (χ3v) is 4.32. The number of amides is 1. The van der Waals surface area contributed by atoms with Crippen LogP contribution in [0.15, 0.2) is 66.9 Å². The molecular weight excluding hydrogens is 298 g/mol. The van der Waals surface area contributed by atoms with Crippen molar-refractivity contribution >= 4 is 27.7 Å². The number of carbonyl (C=O) groups excluding carboxylic acids is 1. The van der Waals surface area contributed by atoms with Crippen LogP contribution in [-0.4, -0.2) is 15.5 Å². The quantitative estimate of drug-likeness (QED) is 0.577. The van der Waals surface area contributed by atoms with Gasteiger partial charge in [0.05, 0.1) is 6.54 Å². The Morgan fingerprint density at radius 1 is 1.00 bits per heavy atom. The van der Waals surface area contributed by atoms with E-state index in [0.717, 1.165) is 11.2 Å². The van der Waals surface area contributed by atoms with E-state index in [1.807, 2.05) is 36.5 Å². The number of carbonyl (C=O) groups is 1. The van der Waals surface area contributed by atoms with E-state index < -0.39 is 0 Å². The lowest BCUT2D eigenvalue weighted by Crippen LogP contribution is -2.23. The van der Waals surface area contributed by atoms with Crippen LogP contribution in [0, 0.1) is 0 Å². The second-order valence-electron chi connectivity index (χ2n) is 5.98. The Labute approximate surface area is 140 Å². The number of rotatable bonds is 5. The number of H-pyrrole nitrogens is 1. The fraction of sp³-hybridized carbons (Fsp3) is 0.150. The number of hydrogen-bond acceptors (Lipinski definition) is 1. The molecule has 2 heterocycles. The molecule has 4 rings (SSSR count). The highest BCUT2D eigenvalue weighted by Crippen LogP contribution is 2.16. The molecule has 4 heteroatoms. The van der Waals surface area contributed by atoms with Crippen LogP contribution in [0.2, 0.25) is 0 Å². The van der Waals surface area contributed by atoms with Crippen LogP contribution in [0.25, 0.3) is 21.8 Å². The molecule has 0 atom stereocenters. The Balaban J connectivity index is 1.35. The average Bonchev–Trinajstić information content (AvgIpc) is 3.21. The van der Waals surface area contributed by atoms with E-state index in [-0.39, 0.29) is 5.91 Å². The number of para-hydroxylation sites is 2. The van der Waals surface area contributed by atoms with Crippen LogP contribution in [0.1, 0.15) is 12.1 Å². The third kappa shape index (κ3) is 2.91. The minimum absolute atomic E-state index is 0.0615. The standard InChI is InChI=1S/C20H19N3O/c24-20(10-12-23-11-9-15-5-2-4-8-19(15)23)21-14-17-13-16-6-1-3-7-18(16)22-17/h1-9,11,13,22H,10,12,14H2,(H,21,24). The lowest BCUT2D eigenvalue weighted by molar-refractivity contribution is -0.121. The summed E-state index contributed by atoms with van der Waals surface area (Å²) in [6.45, 7) is 1.21. The van der Waals surface area contributed by atoms with Crippen molar-refractivity contribution in [2.75, 3.05) is 0 Å². The first-order chi connectivity index (χ1) is 11.8. The zero-order valence-electron chi connectivity index (χ0n) is 13.3. The number of aryl methyl sites for hydroxylation is 1. The summed E-state index contributed by atoms with van der Waals surface area (Å²) in [4.78, 5) is 15.4. The number of nitrogens with one attached hydrogen (secondary N) is 2. The molecule has 0 saturated carbocycles. The maximum absolute atomic E-state index is 12.1. The number of aromatic nitrogens is 2. The van der Waals surface area contributed by atoms with Gasteiger partial charge >= 0.3 is 0 Å². The van der Waals surface area contributed by atoms with Crippen molar-refractivity contribution < 1.29 is 4.79 Å². The molecule has 0 spiro atoms. The summed E-state index contributed by atoms with van der Waals surface area (Å²) in [7, 11) is 0. The first kappa shape index (κ1) is 14.6. The first-order valence-electron chi connectivity index (χ1n) is 8.17. The van der Waals surface area contributed by atoms with Gasteiger partial charge in [-0.2, -0.15) is 0 Å². The minimum atomic E-state index is 0.0615. The summed E-state index contributed by atoms with van der Waals surface area (Å²) in [6.07, 6.45) is 2.51. The Bertz CT molecular complexity index is 963. The molecule has 120 valence electrons. The molecule has 1 amide bonds. The number of hydrogen-bond donors (Lipinski definition) is 2. The van der Waals surface area contributed by atoms with Crippen molar-refractivity contribution in [3.63, 3.8) is 0 Å². The summed E-state index contributed by atoms with van der Waals surface area (Å²) >= 11 is 0. The molecule has 0 bridgehead atoms. The molecule has 4 aromatic rings. The van der Waals surface area contributed by atoms with E-state index in [0.29, 0.717) is 19.5 Å². The van der Waals surface area contributed by atoms with E-state index in [9.17, 15) is 4.79 Å². The zero-order chi connectivity index (χ0) is 16.4. The Morgan fingerprint density at radius 3 is 2.67 bits per heavy atom. The molecule has 0 radical (unpaired) electrons. The van der Waals surface area contributed by atoms with Gasteiger partial charge in [0.15, 0.2) is 0 Å². The molecule has 0 aliphatic heterocycles. The monoisotopic (exact) mass is 317 g/mol. The molecule has 2 N–H and O–H groups in total. The van der Waals surface area contributed by atoms with Crippen LogP contribution < -0.4 is 5.32 Å². The highest BCUT2D eigenvalue weighted by atomic mass is 16.1. The van der Waals surface area contributed by atoms with E-state index in [4.69, 9.17) is 0 Å². The molecule has 4 nitrogen and oxygen atoms in total. The molecule has 0 saturated heterocycles. The van der Waals surface area contributed by atoms with Gasteiger partial charge in [-0.15, -0.1) is 0 Å². The topological polar surface area (TPSA) is 49.8 Å². The molecule has 0 aliphatic rings. The van der Waals surface area contributed by atoms with Gasteiger partial charge in [0.2, 0.25) is 5.91 Å². The van der Waals surface area contributed by atoms with Gasteiger partial charge in [0, 0.05) is 35.9 Å². The van der Waals surface area contributed by atoms with Gasteiger partial charge < -0.3 is 14.9 Å². The van der Waals surface area contributed by atoms with Gasteiger partial charge in [-0.05, 0) is 35.0 Å². The molecule has 2 aromatic carbocycles. The zero-order valence-corrected chi connectivity index (χ0v) is 13.3. The number of aromatic amines is 1. The van der Waals surface area contributed by atoms with Crippen molar-refractivity contribution in [2.24, 2.45) is 0 Å². The van der Waals surface area contributed by atoms with Crippen molar-refractivity contribution in [1.29, 1.82) is 0 Å². The van der Waals surface area contributed by atoms with Gasteiger partial charge in [-0.3, -0.25) is 4.79 Å². The van der Waals surface area contributed by atoms with Crippen molar-refractivity contribution in [3.8, 4) is 0 Å². The van der Waals surface area contributed by atoms with Gasteiger partial charge in [0.25, 0.3) is 0 Å². The average molecular weight is 317 g/mol. The summed E-state index contributed by atoms with van der Waals surface area (Å²) in [5, 5.41) is 5.36. The fourth-order valence-electron chi connectivity index (χ4n) is 3.07. The van der Waals surface area contributed by atoms with Crippen molar-refractivity contribution in [1.82, 2.24) is 14.9 Å². The lowest BCUT2D eigenvalue weighted by Gasteiger charge is -2.06. The van der Waals surface area contributed by atoms with E-state index in [1.54, 1.807) is 0 Å². The van der Waals surface area contributed by atoms with Crippen LogP contribution in [0.4, 0.5) is 0 Å². The Morgan fingerprint density at radius 2 is 1.79 bits per heavy atom. The Kier molecular flexibility index (Phi) is 3.79. The minimum Gasteiger partial charge on any atom is -0.357 e. The van der Waals surface area contributed by atoms with Crippen LogP contribution in [0.5, 0.6) is 0 Å². The molecular formula is C20H19N3O. The number of nitrogens with zero attached hydrogens (tertiary/aromatic N) is 1. The molecule has 24 heavy (non-hydrogen) atoms. The van der Waals surface area contributed by atoms with E-state index >= 15 is 0 Å². The van der Waals surface area contributed by atoms with Gasteiger partial charge in [0.1, 0.15) is 0 Å². The smallest absolute Gasteiger partial charge is 0.222 e. The summed E-state index contributed by atoms with van der Waals surface area (Å²) in [5.41, 5.74) is 3.29. The molecule has 2 aromatic heterocycles. The predicted molar refractivity (Wildman–Crippen MR) is 96.7 cm³/mol. The van der Waals surface area contributed by atoms with Crippen LogP contribution in [-0.2, 0) is 17.9 Å². The summed E-state index contributed by atoms with van der Waals surface area (Å²) in [6, 6.07) is 20.5. The normalized spacial score (nSPS) is 11.2. The van der Waals surface area contributed by atoms with Crippen molar-refractivity contribution in [2.45, 2.75) is 19.5 Å². The first-order valence-corrected chi connectivity index (χ1v) is 8.17. The highest BCUT2D eigenvalue weighted by molar-refractivity contribution is 5.81. The second-order valence-corrected chi connectivity index (χ2v) is 5.98. The molecule has 0 unspecified atom stereocenters. The van der Waals surface area contributed by atoms with Crippen LogP contribution in [0.3, 0.4) is 0 Å². The fourth-order valence-corrected chi connectivity index (χ4v) is 3.07. The number of fused-ring (bicyclic) bond motifs is 2. The SMILES string of the molecule is O=C(CCn1ccc2ccccc21)NCc1cc2ccccc2[nH]1. The molecule has 0 fully saturated rings. The molecule has 0 aliphatic carbocycles. The Hall–Kier alpha value is -3.01. The maximum atomic E-state index is 12.1. The lowest BCUT2D eigenvalue weighted by atomic mass is 10.2. The van der Waals surface area contributed by atoms with Crippen molar-refractivity contribution in [3.05, 3.63) is 72.6 Å². The maximum Gasteiger partial charge on any atom is 0.222 e. The summed E-state index contributed by atoms with van der Waals surface area (Å²) in [5.74, 6) is 0.0615. The third-order valence-electron chi connectivity index (χ3n) is 4.32. The van der Waals surface area contributed by atoms with Crippen LogP contribution >= 0.6 is 0 Å². The summed E-state index contributed by atoms with van der Waals surface area (Å²) < 4.78 is 2.12. The number of benzene rings is 2. The predicted octanol–water partition coefficient (Wildman–Crippen LogP) is 3.83. The van der Waals surface area contributed by atoms with Gasteiger partial charge in [-0.25, -0.2) is 0 Å². The van der Waals surface area contributed by atoms with E-state index in [2.05, 4.69) is 45.2 Å².